The van der Waals surface area contributed by atoms with Gasteiger partial charge in [0.2, 0.25) is 11.8 Å². The molecule has 0 unspecified atom stereocenters. The fourth-order valence-electron chi connectivity index (χ4n) is 1.42. The molecule has 1 aromatic heterocycles. The van der Waals surface area contributed by atoms with Gasteiger partial charge < -0.3 is 9.73 Å². The summed E-state index contributed by atoms with van der Waals surface area (Å²) in [6.07, 6.45) is 2.80. The van der Waals surface area contributed by atoms with E-state index in [2.05, 4.69) is 22.1 Å². The Morgan fingerprint density at radius 1 is 1.24 bits per heavy atom. The molecule has 4 nitrogen and oxygen atoms in total. The van der Waals surface area contributed by atoms with Crippen molar-refractivity contribution in [3.8, 4) is 11.5 Å². The molecule has 0 fully saturated rings. The first-order chi connectivity index (χ1) is 8.40. The molecule has 1 N–H and O–H groups in total. The van der Waals surface area contributed by atoms with E-state index in [0.717, 1.165) is 18.5 Å². The standard InChI is InChI=1S/C13H15N3O/c1-2-3-9-14-10-12-15-16-13(17-12)11-7-5-4-6-8-11/h2,4-8,14H,1,3,9-10H2. The molecule has 4 heteroatoms. The zero-order valence-corrected chi connectivity index (χ0v) is 9.60. The topological polar surface area (TPSA) is 51.0 Å². The van der Waals surface area contributed by atoms with Gasteiger partial charge in [-0.1, -0.05) is 24.3 Å². The molecule has 1 aromatic carbocycles. The smallest absolute Gasteiger partial charge is 0.247 e. The summed E-state index contributed by atoms with van der Waals surface area (Å²) in [7, 11) is 0. The van der Waals surface area contributed by atoms with Crippen LogP contribution in [-0.4, -0.2) is 16.7 Å². The molecular weight excluding hydrogens is 214 g/mol. The predicted molar refractivity (Wildman–Crippen MR) is 66.3 cm³/mol. The fraction of sp³-hybridized carbons (Fsp3) is 0.231. The Kier molecular flexibility index (Phi) is 4.05. The molecule has 0 bridgehead atoms. The minimum absolute atomic E-state index is 0.561. The van der Waals surface area contributed by atoms with E-state index in [1.54, 1.807) is 0 Å². The summed E-state index contributed by atoms with van der Waals surface area (Å²) < 4.78 is 5.54. The third-order valence-corrected chi connectivity index (χ3v) is 2.29. The Hall–Kier alpha value is -1.94. The van der Waals surface area contributed by atoms with Crippen molar-refractivity contribution >= 4 is 0 Å². The average Bonchev–Trinajstić information content (AvgIpc) is 2.85. The zero-order valence-electron chi connectivity index (χ0n) is 9.60. The molecule has 1 heterocycles. The summed E-state index contributed by atoms with van der Waals surface area (Å²) in [5.41, 5.74) is 0.942. The second-order valence-electron chi connectivity index (χ2n) is 3.62. The van der Waals surface area contributed by atoms with Gasteiger partial charge in [-0.15, -0.1) is 16.8 Å². The van der Waals surface area contributed by atoms with Gasteiger partial charge in [0.15, 0.2) is 0 Å². The number of rotatable bonds is 6. The monoisotopic (exact) mass is 229 g/mol. The molecule has 0 radical (unpaired) electrons. The highest BCUT2D eigenvalue weighted by Gasteiger charge is 2.06. The average molecular weight is 229 g/mol. The first-order valence-electron chi connectivity index (χ1n) is 5.59. The van der Waals surface area contributed by atoms with E-state index < -0.39 is 0 Å². The van der Waals surface area contributed by atoms with Gasteiger partial charge in [0.25, 0.3) is 0 Å². The van der Waals surface area contributed by atoms with Crippen molar-refractivity contribution < 1.29 is 4.42 Å². The molecule has 88 valence electrons. The van der Waals surface area contributed by atoms with Gasteiger partial charge in [-0.2, -0.15) is 0 Å². The Balaban J connectivity index is 1.94. The number of hydrogen-bond donors (Lipinski definition) is 1. The molecule has 2 aromatic rings. The number of aromatic nitrogens is 2. The van der Waals surface area contributed by atoms with Crippen LogP contribution in [0.4, 0.5) is 0 Å². The lowest BCUT2D eigenvalue weighted by molar-refractivity contribution is 0.479. The van der Waals surface area contributed by atoms with Gasteiger partial charge in [-0.25, -0.2) is 0 Å². The molecule has 0 aliphatic rings. The van der Waals surface area contributed by atoms with Gasteiger partial charge in [-0.3, -0.25) is 0 Å². The van der Waals surface area contributed by atoms with Crippen LogP contribution >= 0.6 is 0 Å². The predicted octanol–water partition coefficient (Wildman–Crippen LogP) is 2.40. The summed E-state index contributed by atoms with van der Waals surface area (Å²) in [5, 5.41) is 11.2. The van der Waals surface area contributed by atoms with Crippen molar-refractivity contribution in [2.45, 2.75) is 13.0 Å². The van der Waals surface area contributed by atoms with Gasteiger partial charge in [-0.05, 0) is 25.1 Å². The van der Waals surface area contributed by atoms with Crippen molar-refractivity contribution in [3.63, 3.8) is 0 Å². The Bertz CT molecular complexity index is 465. The zero-order chi connectivity index (χ0) is 11.9. The number of nitrogens with zero attached hydrogens (tertiary/aromatic N) is 2. The van der Waals surface area contributed by atoms with Crippen LogP contribution in [0, 0.1) is 0 Å². The van der Waals surface area contributed by atoms with E-state index in [-0.39, 0.29) is 0 Å². The third kappa shape index (κ3) is 3.26. The first-order valence-corrected chi connectivity index (χ1v) is 5.59. The summed E-state index contributed by atoms with van der Waals surface area (Å²) in [4.78, 5) is 0. The van der Waals surface area contributed by atoms with Crippen LogP contribution in [0.1, 0.15) is 12.3 Å². The fourth-order valence-corrected chi connectivity index (χ4v) is 1.42. The summed E-state index contributed by atoms with van der Waals surface area (Å²) in [6.45, 7) is 5.12. The number of nitrogens with one attached hydrogen (secondary N) is 1. The maximum absolute atomic E-state index is 5.54. The minimum atomic E-state index is 0.561. The quantitative estimate of drug-likeness (QED) is 0.610. The largest absolute Gasteiger partial charge is 0.419 e. The van der Waals surface area contributed by atoms with Crippen LogP contribution in [0.15, 0.2) is 47.4 Å². The van der Waals surface area contributed by atoms with E-state index in [1.165, 1.54) is 0 Å². The van der Waals surface area contributed by atoms with Gasteiger partial charge in [0.1, 0.15) is 0 Å². The molecular formula is C13H15N3O. The second kappa shape index (κ2) is 5.96. The first kappa shape index (κ1) is 11.5. The Labute approximate surface area is 100 Å². The molecule has 0 saturated carbocycles. The van der Waals surface area contributed by atoms with Crippen LogP contribution in [-0.2, 0) is 6.54 Å². The normalized spacial score (nSPS) is 10.4. The lowest BCUT2D eigenvalue weighted by Crippen LogP contribution is -2.14. The van der Waals surface area contributed by atoms with Crippen LogP contribution in [0.3, 0.4) is 0 Å². The maximum atomic E-state index is 5.54. The van der Waals surface area contributed by atoms with Crippen molar-refractivity contribution in [1.29, 1.82) is 0 Å². The molecule has 0 saturated heterocycles. The van der Waals surface area contributed by atoms with Crippen LogP contribution < -0.4 is 5.32 Å². The molecule has 0 spiro atoms. The van der Waals surface area contributed by atoms with Crippen LogP contribution in [0.5, 0.6) is 0 Å². The van der Waals surface area contributed by atoms with Crippen molar-refractivity contribution in [3.05, 3.63) is 48.9 Å². The highest BCUT2D eigenvalue weighted by molar-refractivity contribution is 5.51. The van der Waals surface area contributed by atoms with E-state index in [1.807, 2.05) is 36.4 Å². The minimum Gasteiger partial charge on any atom is -0.419 e. The van der Waals surface area contributed by atoms with Crippen molar-refractivity contribution in [2.75, 3.05) is 6.54 Å². The molecule has 17 heavy (non-hydrogen) atoms. The second-order valence-corrected chi connectivity index (χ2v) is 3.62. The van der Waals surface area contributed by atoms with E-state index in [9.17, 15) is 0 Å². The number of hydrogen-bond acceptors (Lipinski definition) is 4. The van der Waals surface area contributed by atoms with E-state index >= 15 is 0 Å². The molecule has 0 atom stereocenters. The highest BCUT2D eigenvalue weighted by Crippen LogP contribution is 2.16. The Morgan fingerprint density at radius 3 is 2.82 bits per heavy atom. The van der Waals surface area contributed by atoms with E-state index in [4.69, 9.17) is 4.42 Å². The van der Waals surface area contributed by atoms with Crippen LogP contribution in [0.25, 0.3) is 11.5 Å². The lowest BCUT2D eigenvalue weighted by Gasteiger charge is -1.97. The SMILES string of the molecule is C=CCCNCc1nnc(-c2ccccc2)o1. The third-order valence-electron chi connectivity index (χ3n) is 2.29. The van der Waals surface area contributed by atoms with Gasteiger partial charge in [0, 0.05) is 5.56 Å². The molecule has 0 aliphatic heterocycles. The van der Waals surface area contributed by atoms with Crippen molar-refractivity contribution in [1.82, 2.24) is 15.5 Å². The lowest BCUT2D eigenvalue weighted by atomic mass is 10.2. The summed E-state index contributed by atoms with van der Waals surface area (Å²) in [5.74, 6) is 1.17. The van der Waals surface area contributed by atoms with Gasteiger partial charge >= 0.3 is 0 Å². The maximum Gasteiger partial charge on any atom is 0.247 e. The Morgan fingerprint density at radius 2 is 2.06 bits per heavy atom. The molecule has 0 aliphatic carbocycles. The number of benzene rings is 1. The molecule has 2 rings (SSSR count). The van der Waals surface area contributed by atoms with Crippen molar-refractivity contribution in [2.24, 2.45) is 0 Å². The van der Waals surface area contributed by atoms with Crippen LogP contribution in [0.2, 0.25) is 0 Å². The van der Waals surface area contributed by atoms with Gasteiger partial charge in [0.05, 0.1) is 6.54 Å². The molecule has 0 amide bonds. The van der Waals surface area contributed by atoms with E-state index in [0.29, 0.717) is 18.3 Å². The highest BCUT2D eigenvalue weighted by atomic mass is 16.4. The summed E-state index contributed by atoms with van der Waals surface area (Å²) >= 11 is 0. The summed E-state index contributed by atoms with van der Waals surface area (Å²) in [6, 6.07) is 9.74.